The van der Waals surface area contributed by atoms with Gasteiger partial charge in [0.05, 0.1) is 25.7 Å². The molecule has 22 heavy (non-hydrogen) atoms. The zero-order valence-electron chi connectivity index (χ0n) is 13.7. The lowest BCUT2D eigenvalue weighted by Gasteiger charge is -2.32. The zero-order chi connectivity index (χ0) is 14.9. The highest BCUT2D eigenvalue weighted by Gasteiger charge is 2.22. The van der Waals surface area contributed by atoms with Gasteiger partial charge in [-0.3, -0.25) is 4.79 Å². The largest absolute Gasteiger partial charge is 0.378 e. The molecule has 1 atom stereocenters. The Kier molecular flexibility index (Phi) is 10.0. The number of hydrogen-bond acceptors (Lipinski definition) is 4. The Balaban J connectivity index is 0.00000242. The predicted molar refractivity (Wildman–Crippen MR) is 89.5 cm³/mol. The van der Waals surface area contributed by atoms with Gasteiger partial charge in [-0.15, -0.1) is 12.4 Å². The Hall–Kier alpha value is -0.360. The number of nitrogens with one attached hydrogen (secondary N) is 1. The summed E-state index contributed by atoms with van der Waals surface area (Å²) in [5.74, 6) is 0.967. The minimum absolute atomic E-state index is 0. The van der Waals surface area contributed by atoms with E-state index < -0.39 is 0 Å². The van der Waals surface area contributed by atoms with Crippen molar-refractivity contribution in [3.8, 4) is 0 Å². The molecule has 2 aliphatic rings. The summed E-state index contributed by atoms with van der Waals surface area (Å²) in [6, 6.07) is 0. The summed E-state index contributed by atoms with van der Waals surface area (Å²) >= 11 is 0. The van der Waals surface area contributed by atoms with E-state index in [0.717, 1.165) is 64.4 Å². The first kappa shape index (κ1) is 19.7. The lowest BCUT2D eigenvalue weighted by Crippen LogP contribution is -2.41. The lowest BCUT2D eigenvalue weighted by molar-refractivity contribution is -0.134. The smallest absolute Gasteiger partial charge is 0.224 e. The molecule has 2 heterocycles. The molecule has 0 bridgehead atoms. The van der Waals surface area contributed by atoms with Crippen molar-refractivity contribution >= 4 is 18.3 Å². The molecule has 2 rings (SSSR count). The first-order valence-electron chi connectivity index (χ1n) is 8.47. The van der Waals surface area contributed by atoms with E-state index in [2.05, 4.69) is 12.2 Å². The summed E-state index contributed by atoms with van der Waals surface area (Å²) in [6.45, 7) is 8.07. The molecule has 1 N–H and O–H groups in total. The summed E-state index contributed by atoms with van der Waals surface area (Å²) in [5.41, 5.74) is 0. The van der Waals surface area contributed by atoms with Crippen molar-refractivity contribution in [3.63, 3.8) is 0 Å². The number of carbonyl (C=O) groups is 1. The first-order chi connectivity index (χ1) is 10.3. The Morgan fingerprint density at radius 3 is 2.73 bits per heavy atom. The molecule has 0 spiro atoms. The number of carbonyl (C=O) groups excluding carboxylic acids is 1. The highest BCUT2D eigenvalue weighted by Crippen LogP contribution is 2.17. The third-order valence-corrected chi connectivity index (χ3v) is 4.44. The molecule has 5 nitrogen and oxygen atoms in total. The minimum Gasteiger partial charge on any atom is -0.378 e. The molecule has 0 aliphatic carbocycles. The van der Waals surface area contributed by atoms with Crippen LogP contribution in [0.5, 0.6) is 0 Å². The van der Waals surface area contributed by atoms with Gasteiger partial charge in [-0.1, -0.05) is 6.92 Å². The molecular weight excluding hydrogens is 304 g/mol. The van der Waals surface area contributed by atoms with Crippen molar-refractivity contribution in [1.29, 1.82) is 0 Å². The first-order valence-corrected chi connectivity index (χ1v) is 8.47. The predicted octanol–water partition coefficient (Wildman–Crippen LogP) is 1.84. The van der Waals surface area contributed by atoms with Gasteiger partial charge in [0.1, 0.15) is 0 Å². The molecule has 0 radical (unpaired) electrons. The van der Waals surface area contributed by atoms with Crippen LogP contribution in [-0.2, 0) is 14.3 Å². The van der Waals surface area contributed by atoms with Crippen molar-refractivity contribution in [1.82, 2.24) is 10.2 Å². The minimum atomic E-state index is 0. The number of halogens is 1. The number of hydrogen-bond donors (Lipinski definition) is 1. The summed E-state index contributed by atoms with van der Waals surface area (Å²) in [7, 11) is 0. The number of rotatable bonds is 8. The molecule has 1 unspecified atom stereocenters. The average molecular weight is 335 g/mol. The monoisotopic (exact) mass is 334 g/mol. The van der Waals surface area contributed by atoms with Crippen LogP contribution in [0.25, 0.3) is 0 Å². The highest BCUT2D eigenvalue weighted by atomic mass is 35.5. The van der Waals surface area contributed by atoms with Gasteiger partial charge in [-0.25, -0.2) is 0 Å². The van der Waals surface area contributed by atoms with Crippen LogP contribution in [0.15, 0.2) is 0 Å². The van der Waals surface area contributed by atoms with Gasteiger partial charge in [0.2, 0.25) is 5.91 Å². The van der Waals surface area contributed by atoms with Gasteiger partial charge >= 0.3 is 0 Å². The summed E-state index contributed by atoms with van der Waals surface area (Å²) in [6.07, 6.45) is 5.22. The number of likely N-dealkylation sites (tertiary alicyclic amines) is 1. The zero-order valence-corrected chi connectivity index (χ0v) is 14.5. The molecule has 0 saturated carbocycles. The quantitative estimate of drug-likeness (QED) is 0.688. The second kappa shape index (κ2) is 11.2. The van der Waals surface area contributed by atoms with Crippen LogP contribution >= 0.6 is 12.4 Å². The molecule has 2 saturated heterocycles. The maximum atomic E-state index is 12.1. The number of amides is 1. The van der Waals surface area contributed by atoms with Crippen molar-refractivity contribution in [2.45, 2.75) is 45.1 Å². The second-order valence-corrected chi connectivity index (χ2v) is 6.09. The standard InChI is InChI=1S/C16H30N2O3.ClH/c1-2-17-12-14-5-8-18(9-6-14)16(19)7-11-20-13-15-4-3-10-21-15;/h14-15,17H,2-13H2,1H3;1H. The molecule has 6 heteroatoms. The molecule has 0 aromatic carbocycles. The van der Waals surface area contributed by atoms with E-state index in [4.69, 9.17) is 9.47 Å². The SMILES string of the molecule is CCNCC1CCN(C(=O)CCOCC2CCCO2)CC1.Cl. The fraction of sp³-hybridized carbons (Fsp3) is 0.938. The lowest BCUT2D eigenvalue weighted by atomic mass is 9.96. The van der Waals surface area contributed by atoms with Gasteiger partial charge < -0.3 is 19.7 Å². The van der Waals surface area contributed by atoms with Gasteiger partial charge in [0, 0.05) is 19.7 Å². The van der Waals surface area contributed by atoms with E-state index in [1.807, 2.05) is 4.90 Å². The Morgan fingerprint density at radius 1 is 1.32 bits per heavy atom. The van der Waals surface area contributed by atoms with Crippen LogP contribution in [0.3, 0.4) is 0 Å². The third-order valence-electron chi connectivity index (χ3n) is 4.44. The van der Waals surface area contributed by atoms with E-state index in [0.29, 0.717) is 19.6 Å². The van der Waals surface area contributed by atoms with Crippen LogP contribution in [0.4, 0.5) is 0 Å². The van der Waals surface area contributed by atoms with Gasteiger partial charge in [0.25, 0.3) is 0 Å². The third kappa shape index (κ3) is 6.82. The molecule has 0 aromatic heterocycles. The van der Waals surface area contributed by atoms with Crippen molar-refractivity contribution in [2.24, 2.45) is 5.92 Å². The van der Waals surface area contributed by atoms with Gasteiger partial charge in [-0.2, -0.15) is 0 Å². The fourth-order valence-electron chi connectivity index (χ4n) is 3.04. The summed E-state index contributed by atoms with van der Waals surface area (Å²) in [4.78, 5) is 14.1. The Bertz CT molecular complexity index is 304. The highest BCUT2D eigenvalue weighted by molar-refractivity contribution is 5.85. The normalized spacial score (nSPS) is 22.6. The summed E-state index contributed by atoms with van der Waals surface area (Å²) in [5, 5.41) is 3.40. The van der Waals surface area contributed by atoms with Crippen molar-refractivity contribution < 1.29 is 14.3 Å². The maximum Gasteiger partial charge on any atom is 0.224 e. The maximum absolute atomic E-state index is 12.1. The fourth-order valence-corrected chi connectivity index (χ4v) is 3.04. The van der Waals surface area contributed by atoms with Crippen molar-refractivity contribution in [3.05, 3.63) is 0 Å². The van der Waals surface area contributed by atoms with E-state index in [-0.39, 0.29) is 24.4 Å². The molecule has 2 aliphatic heterocycles. The molecule has 1 amide bonds. The van der Waals surface area contributed by atoms with Gasteiger partial charge in [-0.05, 0) is 44.7 Å². The number of ether oxygens (including phenoxy) is 2. The molecule has 2 fully saturated rings. The number of nitrogens with zero attached hydrogens (tertiary/aromatic N) is 1. The second-order valence-electron chi connectivity index (χ2n) is 6.09. The van der Waals surface area contributed by atoms with Crippen LogP contribution in [-0.4, -0.2) is 62.9 Å². The van der Waals surface area contributed by atoms with E-state index in [9.17, 15) is 4.79 Å². The van der Waals surface area contributed by atoms with Crippen LogP contribution in [0.1, 0.15) is 39.0 Å². The van der Waals surface area contributed by atoms with Crippen LogP contribution in [0, 0.1) is 5.92 Å². The Labute approximate surface area is 140 Å². The van der Waals surface area contributed by atoms with E-state index in [1.54, 1.807) is 0 Å². The Morgan fingerprint density at radius 2 is 2.09 bits per heavy atom. The average Bonchev–Trinajstić information content (AvgIpc) is 3.03. The summed E-state index contributed by atoms with van der Waals surface area (Å²) < 4.78 is 11.1. The van der Waals surface area contributed by atoms with Crippen molar-refractivity contribution in [2.75, 3.05) is 46.0 Å². The van der Waals surface area contributed by atoms with E-state index >= 15 is 0 Å². The van der Waals surface area contributed by atoms with Crippen LogP contribution < -0.4 is 5.32 Å². The topological polar surface area (TPSA) is 50.8 Å². The molecular formula is C16H31ClN2O3. The van der Waals surface area contributed by atoms with Gasteiger partial charge in [0.15, 0.2) is 0 Å². The van der Waals surface area contributed by atoms with Crippen LogP contribution in [0.2, 0.25) is 0 Å². The number of piperidine rings is 1. The molecule has 130 valence electrons. The van der Waals surface area contributed by atoms with E-state index in [1.165, 1.54) is 0 Å². The molecule has 0 aromatic rings.